The zero-order valence-corrected chi connectivity index (χ0v) is 25.8. The van der Waals surface area contributed by atoms with Crippen LogP contribution in [-0.2, 0) is 0 Å². The second-order valence-electron chi connectivity index (χ2n) is 12.3. The van der Waals surface area contributed by atoms with Crippen LogP contribution in [0.1, 0.15) is 29.5 Å². The Morgan fingerprint density at radius 3 is 1.98 bits per heavy atom. The lowest BCUT2D eigenvalue weighted by atomic mass is 9.88. The second kappa shape index (κ2) is 10.6. The Balaban J connectivity index is 1.17. The van der Waals surface area contributed by atoms with E-state index in [2.05, 4.69) is 115 Å². The molecule has 1 unspecified atom stereocenters. The van der Waals surface area contributed by atoms with Gasteiger partial charge in [0.1, 0.15) is 28.3 Å². The van der Waals surface area contributed by atoms with Crippen LogP contribution in [-0.4, -0.2) is 15.0 Å². The van der Waals surface area contributed by atoms with Gasteiger partial charge in [0.2, 0.25) is 0 Å². The van der Waals surface area contributed by atoms with Crippen LogP contribution in [0.5, 0.6) is 0 Å². The van der Waals surface area contributed by atoms with Crippen molar-refractivity contribution in [3.63, 3.8) is 0 Å². The largest absolute Gasteiger partial charge is 0.456 e. The average Bonchev–Trinajstić information content (AvgIpc) is 3.74. The van der Waals surface area contributed by atoms with Gasteiger partial charge in [0.25, 0.3) is 0 Å². The molecule has 1 atom stereocenters. The van der Waals surface area contributed by atoms with Crippen molar-refractivity contribution in [2.45, 2.75) is 12.3 Å². The van der Waals surface area contributed by atoms with Crippen LogP contribution in [0.3, 0.4) is 0 Å². The summed E-state index contributed by atoms with van der Waals surface area (Å²) in [7, 11) is 0. The van der Waals surface area contributed by atoms with Crippen molar-refractivity contribution in [3.8, 4) is 33.9 Å². The van der Waals surface area contributed by atoms with Gasteiger partial charge in [-0.25, -0.2) is 15.0 Å². The topological polar surface area (TPSA) is 65.0 Å². The van der Waals surface area contributed by atoms with Gasteiger partial charge in [-0.2, -0.15) is 0 Å². The zero-order valence-electron chi connectivity index (χ0n) is 25.8. The summed E-state index contributed by atoms with van der Waals surface area (Å²) < 4.78 is 12.5. The average molecular weight is 618 g/mol. The summed E-state index contributed by atoms with van der Waals surface area (Å²) in [6.45, 7) is 0. The Morgan fingerprint density at radius 1 is 0.500 bits per heavy atom. The lowest BCUT2D eigenvalue weighted by molar-refractivity contribution is 0.586. The molecular weight excluding hydrogens is 590 g/mol. The van der Waals surface area contributed by atoms with Gasteiger partial charge >= 0.3 is 0 Å². The van der Waals surface area contributed by atoms with E-state index in [0.717, 1.165) is 83.9 Å². The standard InChI is InChI=1S/C43H27N3O2/c1-2-9-26(10-3-1)27-17-20-29(21-18-27)41-44-42(46-43(45-41)33-13-8-16-37-39(33)31-11-4-6-14-35(31)47-37)30-22-19-28-23-24-38-40(34(28)25-30)32-12-5-7-15-36(32)48-38/h1-12,14-25,33H,13H2. The molecule has 9 aromatic rings. The summed E-state index contributed by atoms with van der Waals surface area (Å²) in [5.74, 6) is 2.79. The molecule has 5 nitrogen and oxygen atoms in total. The van der Waals surface area contributed by atoms with Crippen molar-refractivity contribution >= 4 is 49.8 Å². The quantitative estimate of drug-likeness (QED) is 0.197. The summed E-state index contributed by atoms with van der Waals surface area (Å²) in [6.07, 6.45) is 5.00. The maximum absolute atomic E-state index is 6.28. The maximum atomic E-state index is 6.28. The van der Waals surface area contributed by atoms with E-state index in [1.807, 2.05) is 30.3 Å². The van der Waals surface area contributed by atoms with Gasteiger partial charge in [-0.15, -0.1) is 0 Å². The number of rotatable bonds is 4. The molecular formula is C43H27N3O2. The van der Waals surface area contributed by atoms with E-state index >= 15 is 0 Å². The fraction of sp³-hybridized carbons (Fsp3) is 0.0465. The Bertz CT molecular complexity index is 2700. The number of furan rings is 2. The van der Waals surface area contributed by atoms with Crippen molar-refractivity contribution in [2.75, 3.05) is 0 Å². The molecule has 1 aliphatic rings. The predicted octanol–water partition coefficient (Wildman–Crippen LogP) is 11.2. The number of hydrogen-bond donors (Lipinski definition) is 0. The van der Waals surface area contributed by atoms with Gasteiger partial charge in [-0.3, -0.25) is 0 Å². The van der Waals surface area contributed by atoms with Crippen LogP contribution in [0, 0.1) is 0 Å². The molecule has 0 spiro atoms. The molecule has 3 aromatic heterocycles. The maximum Gasteiger partial charge on any atom is 0.163 e. The molecule has 0 bridgehead atoms. The highest BCUT2D eigenvalue weighted by Gasteiger charge is 2.28. The number of fused-ring (bicyclic) bond motifs is 8. The third kappa shape index (κ3) is 4.28. The molecule has 10 rings (SSSR count). The van der Waals surface area contributed by atoms with Gasteiger partial charge in [0.15, 0.2) is 11.6 Å². The highest BCUT2D eigenvalue weighted by molar-refractivity contribution is 6.19. The molecule has 5 heteroatoms. The Labute approximate surface area is 275 Å². The van der Waals surface area contributed by atoms with E-state index in [4.69, 9.17) is 23.8 Å². The zero-order chi connectivity index (χ0) is 31.6. The highest BCUT2D eigenvalue weighted by atomic mass is 16.3. The van der Waals surface area contributed by atoms with Gasteiger partial charge < -0.3 is 8.83 Å². The fourth-order valence-electron chi connectivity index (χ4n) is 7.16. The first-order valence-electron chi connectivity index (χ1n) is 16.2. The van der Waals surface area contributed by atoms with Gasteiger partial charge in [-0.05, 0) is 58.7 Å². The molecule has 0 N–H and O–H groups in total. The molecule has 0 fully saturated rings. The van der Waals surface area contributed by atoms with Crippen LogP contribution >= 0.6 is 0 Å². The predicted molar refractivity (Wildman–Crippen MR) is 193 cm³/mol. The minimum absolute atomic E-state index is 0.0808. The Hall–Kier alpha value is -6.33. The fourth-order valence-corrected chi connectivity index (χ4v) is 7.16. The number of nitrogens with zero attached hydrogens (tertiary/aromatic N) is 3. The van der Waals surface area contributed by atoms with E-state index in [1.165, 1.54) is 5.56 Å². The van der Waals surface area contributed by atoms with Crippen LogP contribution in [0.2, 0.25) is 0 Å². The molecule has 0 saturated carbocycles. The normalized spacial score (nSPS) is 14.3. The first-order valence-corrected chi connectivity index (χ1v) is 16.2. The van der Waals surface area contributed by atoms with Crippen LogP contribution < -0.4 is 0 Å². The van der Waals surface area contributed by atoms with Crippen LogP contribution in [0.25, 0.3) is 83.7 Å². The van der Waals surface area contributed by atoms with E-state index in [1.54, 1.807) is 0 Å². The lowest BCUT2D eigenvalue weighted by Crippen LogP contribution is -2.11. The Morgan fingerprint density at radius 2 is 1.15 bits per heavy atom. The smallest absolute Gasteiger partial charge is 0.163 e. The van der Waals surface area contributed by atoms with Crippen molar-refractivity contribution < 1.29 is 8.83 Å². The van der Waals surface area contributed by atoms with Gasteiger partial charge in [0, 0.05) is 32.8 Å². The molecule has 1 aliphatic carbocycles. The molecule has 0 radical (unpaired) electrons. The molecule has 0 saturated heterocycles. The van der Waals surface area contributed by atoms with Crippen molar-refractivity contribution in [1.82, 2.24) is 15.0 Å². The van der Waals surface area contributed by atoms with E-state index in [-0.39, 0.29) is 5.92 Å². The van der Waals surface area contributed by atoms with Crippen molar-refractivity contribution in [2.24, 2.45) is 0 Å². The summed E-state index contributed by atoms with van der Waals surface area (Å²) in [5, 5.41) is 5.53. The third-order valence-electron chi connectivity index (χ3n) is 9.48. The molecule has 48 heavy (non-hydrogen) atoms. The van der Waals surface area contributed by atoms with E-state index < -0.39 is 0 Å². The molecule has 6 aromatic carbocycles. The van der Waals surface area contributed by atoms with Gasteiger partial charge in [-0.1, -0.05) is 115 Å². The van der Waals surface area contributed by atoms with Crippen molar-refractivity contribution in [3.05, 3.63) is 157 Å². The van der Waals surface area contributed by atoms with Crippen LogP contribution in [0.4, 0.5) is 0 Å². The SMILES string of the molecule is C1=Cc2oc3ccccc3c2C(c2nc(-c3ccc(-c4ccccc4)cc3)nc(-c3ccc4ccc5oc6ccccc6c5c4c3)n2)C1. The summed E-state index contributed by atoms with van der Waals surface area (Å²) in [6, 6.07) is 45.9. The second-order valence-corrected chi connectivity index (χ2v) is 12.3. The summed E-state index contributed by atoms with van der Waals surface area (Å²) in [5.41, 5.74) is 7.92. The number of para-hydroxylation sites is 2. The van der Waals surface area contributed by atoms with E-state index in [0.29, 0.717) is 11.6 Å². The lowest BCUT2D eigenvalue weighted by Gasteiger charge is -2.19. The molecule has 226 valence electrons. The minimum atomic E-state index is -0.0808. The number of hydrogen-bond acceptors (Lipinski definition) is 5. The van der Waals surface area contributed by atoms with Crippen LogP contribution in [0.15, 0.2) is 148 Å². The van der Waals surface area contributed by atoms with Gasteiger partial charge in [0.05, 0.1) is 5.92 Å². The first-order chi connectivity index (χ1) is 23.8. The van der Waals surface area contributed by atoms with E-state index in [9.17, 15) is 0 Å². The number of benzene rings is 6. The molecule has 3 heterocycles. The monoisotopic (exact) mass is 617 g/mol. The third-order valence-corrected chi connectivity index (χ3v) is 9.48. The summed E-state index contributed by atoms with van der Waals surface area (Å²) in [4.78, 5) is 15.5. The number of allylic oxidation sites excluding steroid dienone is 1. The highest BCUT2D eigenvalue weighted by Crippen LogP contribution is 2.42. The Kier molecular flexibility index (Phi) is 5.93. The summed E-state index contributed by atoms with van der Waals surface area (Å²) >= 11 is 0. The number of aromatic nitrogens is 3. The van der Waals surface area contributed by atoms with Crippen molar-refractivity contribution in [1.29, 1.82) is 0 Å². The first kappa shape index (κ1) is 26.8. The minimum Gasteiger partial charge on any atom is -0.456 e. The molecule has 0 amide bonds. The molecule has 0 aliphatic heterocycles.